The van der Waals surface area contributed by atoms with Crippen LogP contribution in [-0.2, 0) is 27.2 Å². The Balaban J connectivity index is 1.77. The molecule has 1 aliphatic heterocycles. The van der Waals surface area contributed by atoms with Crippen molar-refractivity contribution < 1.29 is 23.5 Å². The Labute approximate surface area is 211 Å². The second-order valence-electron chi connectivity index (χ2n) is 10.3. The van der Waals surface area contributed by atoms with E-state index in [-0.39, 0.29) is 41.0 Å². The van der Waals surface area contributed by atoms with Gasteiger partial charge in [0.05, 0.1) is 7.11 Å². The zero-order chi connectivity index (χ0) is 26.1. The molecule has 3 atom stereocenters. The summed E-state index contributed by atoms with van der Waals surface area (Å²) >= 11 is 0. The number of nitrogens with zero attached hydrogens (tertiary/aromatic N) is 1. The highest BCUT2D eigenvalue weighted by Crippen LogP contribution is 2.36. The number of benzene rings is 2. The van der Waals surface area contributed by atoms with Gasteiger partial charge in [0.2, 0.25) is 17.7 Å². The van der Waals surface area contributed by atoms with Crippen LogP contribution >= 0.6 is 0 Å². The predicted octanol–water partition coefficient (Wildman–Crippen LogP) is 3.17. The van der Waals surface area contributed by atoms with E-state index in [1.54, 1.807) is 6.07 Å². The molecule has 1 aliphatic carbocycles. The van der Waals surface area contributed by atoms with Gasteiger partial charge >= 0.3 is 0 Å². The minimum atomic E-state index is -1.18. The Kier molecular flexibility index (Phi) is 7.33. The van der Waals surface area contributed by atoms with Gasteiger partial charge in [0, 0.05) is 6.04 Å². The maximum atomic E-state index is 14.8. The Morgan fingerprint density at radius 2 is 1.72 bits per heavy atom. The van der Waals surface area contributed by atoms with Gasteiger partial charge in [0.1, 0.15) is 18.1 Å². The lowest BCUT2D eigenvalue weighted by atomic mass is 9.87. The van der Waals surface area contributed by atoms with E-state index < -0.39 is 29.8 Å². The van der Waals surface area contributed by atoms with Gasteiger partial charge in [0.25, 0.3) is 0 Å². The van der Waals surface area contributed by atoms with Crippen LogP contribution in [0.2, 0.25) is 0 Å². The Bertz CT molecular complexity index is 1140. The topological polar surface area (TPSA) is 87.7 Å². The number of rotatable bonds is 7. The minimum absolute atomic E-state index is 0.0338. The Morgan fingerprint density at radius 3 is 2.25 bits per heavy atom. The molecule has 0 unspecified atom stereocenters. The fraction of sp³-hybridized carbons (Fsp3) is 0.464. The molecule has 4 rings (SSSR count). The summed E-state index contributed by atoms with van der Waals surface area (Å²) in [5.41, 5.74) is 2.61. The second kappa shape index (κ2) is 10.3. The standard InChI is InChI=1S/C28H34FN3O4/c1-15(2)24-26(33)31-23(20-12-17-8-6-7-9-18(17)13-20)28(35)32(24)25(27(34)30-16(3)4)19-10-11-22(36-5)21(29)14-19/h6-11,14-16,20,23-25H,12-13H2,1-5H3,(H,30,34)(H,31,33)/t23-,24-,25-/m1/s1. The molecule has 8 heteroatoms. The smallest absolute Gasteiger partial charge is 0.247 e. The van der Waals surface area contributed by atoms with Crippen LogP contribution in [0.5, 0.6) is 5.75 Å². The van der Waals surface area contributed by atoms with Crippen LogP contribution < -0.4 is 15.4 Å². The summed E-state index contributed by atoms with van der Waals surface area (Å²) in [5, 5.41) is 5.83. The molecule has 192 valence electrons. The fourth-order valence-electron chi connectivity index (χ4n) is 5.44. The summed E-state index contributed by atoms with van der Waals surface area (Å²) in [6.45, 7) is 7.30. The third-order valence-corrected chi connectivity index (χ3v) is 7.02. The molecule has 7 nitrogen and oxygen atoms in total. The zero-order valence-corrected chi connectivity index (χ0v) is 21.4. The van der Waals surface area contributed by atoms with Crippen LogP contribution in [0.1, 0.15) is 50.4 Å². The number of piperazine rings is 1. The maximum Gasteiger partial charge on any atom is 0.247 e. The van der Waals surface area contributed by atoms with E-state index in [0.29, 0.717) is 12.8 Å². The molecule has 2 aromatic rings. The molecule has 0 bridgehead atoms. The first-order valence-electron chi connectivity index (χ1n) is 12.5. The summed E-state index contributed by atoms with van der Waals surface area (Å²) in [5.74, 6) is -2.10. The summed E-state index contributed by atoms with van der Waals surface area (Å²) < 4.78 is 19.8. The van der Waals surface area contributed by atoms with Crippen LogP contribution in [-0.4, -0.2) is 47.9 Å². The number of halogens is 1. The van der Waals surface area contributed by atoms with Crippen molar-refractivity contribution >= 4 is 17.7 Å². The fourth-order valence-corrected chi connectivity index (χ4v) is 5.44. The third kappa shape index (κ3) is 4.81. The number of fused-ring (bicyclic) bond motifs is 1. The van der Waals surface area contributed by atoms with Crippen molar-refractivity contribution in [1.29, 1.82) is 0 Å². The highest BCUT2D eigenvalue weighted by Gasteiger charge is 2.50. The van der Waals surface area contributed by atoms with Gasteiger partial charge < -0.3 is 20.3 Å². The third-order valence-electron chi connectivity index (χ3n) is 7.02. The van der Waals surface area contributed by atoms with E-state index in [1.165, 1.54) is 24.1 Å². The quantitative estimate of drug-likeness (QED) is 0.618. The highest BCUT2D eigenvalue weighted by molar-refractivity contribution is 6.00. The van der Waals surface area contributed by atoms with Crippen LogP contribution in [0.4, 0.5) is 4.39 Å². The molecular formula is C28H34FN3O4. The van der Waals surface area contributed by atoms with E-state index in [2.05, 4.69) is 10.6 Å². The first-order chi connectivity index (χ1) is 17.1. The van der Waals surface area contributed by atoms with Crippen LogP contribution in [0.3, 0.4) is 0 Å². The molecular weight excluding hydrogens is 461 g/mol. The number of hydrogen-bond donors (Lipinski definition) is 2. The molecule has 0 saturated carbocycles. The van der Waals surface area contributed by atoms with Crippen LogP contribution in [0, 0.1) is 17.7 Å². The Morgan fingerprint density at radius 1 is 1.08 bits per heavy atom. The maximum absolute atomic E-state index is 14.8. The summed E-state index contributed by atoms with van der Waals surface area (Å²) in [4.78, 5) is 42.5. The molecule has 1 heterocycles. The normalized spacial score (nSPS) is 20.9. The average Bonchev–Trinajstić information content (AvgIpc) is 3.24. The lowest BCUT2D eigenvalue weighted by Crippen LogP contribution is -2.68. The van der Waals surface area contributed by atoms with Crippen LogP contribution in [0.25, 0.3) is 0 Å². The molecule has 0 spiro atoms. The number of carbonyl (C=O) groups is 3. The second-order valence-corrected chi connectivity index (χ2v) is 10.3. The molecule has 0 radical (unpaired) electrons. The van der Waals surface area contributed by atoms with E-state index >= 15 is 0 Å². The lowest BCUT2D eigenvalue weighted by molar-refractivity contribution is -0.159. The molecule has 1 saturated heterocycles. The predicted molar refractivity (Wildman–Crippen MR) is 134 cm³/mol. The molecule has 36 heavy (non-hydrogen) atoms. The van der Waals surface area contributed by atoms with E-state index in [4.69, 9.17) is 4.74 Å². The number of nitrogens with one attached hydrogen (secondary N) is 2. The zero-order valence-electron chi connectivity index (χ0n) is 21.4. The summed E-state index contributed by atoms with van der Waals surface area (Å²) in [7, 11) is 1.36. The van der Waals surface area contributed by atoms with E-state index in [9.17, 15) is 18.8 Å². The van der Waals surface area contributed by atoms with Crippen molar-refractivity contribution in [1.82, 2.24) is 15.5 Å². The molecule has 0 aromatic heterocycles. The van der Waals surface area contributed by atoms with E-state index in [0.717, 1.165) is 11.1 Å². The van der Waals surface area contributed by atoms with Gasteiger partial charge in [-0.25, -0.2) is 4.39 Å². The lowest BCUT2D eigenvalue weighted by Gasteiger charge is -2.45. The van der Waals surface area contributed by atoms with Gasteiger partial charge in [-0.1, -0.05) is 44.2 Å². The largest absolute Gasteiger partial charge is 0.494 e. The van der Waals surface area contributed by atoms with Crippen molar-refractivity contribution in [2.45, 2.75) is 64.7 Å². The monoisotopic (exact) mass is 495 g/mol. The number of amides is 3. The molecule has 2 aromatic carbocycles. The van der Waals surface area contributed by atoms with Crippen molar-refractivity contribution in [3.63, 3.8) is 0 Å². The number of ether oxygens (including phenoxy) is 1. The number of methoxy groups -OCH3 is 1. The average molecular weight is 496 g/mol. The molecule has 1 fully saturated rings. The SMILES string of the molecule is COc1ccc([C@H](C(=O)NC(C)C)N2C(=O)[C@@H](C3Cc4ccccc4C3)NC(=O)[C@H]2C(C)C)cc1F. The number of hydrogen-bond acceptors (Lipinski definition) is 4. The van der Waals surface area contributed by atoms with Gasteiger partial charge in [0.15, 0.2) is 11.6 Å². The van der Waals surface area contributed by atoms with Gasteiger partial charge in [-0.2, -0.15) is 0 Å². The minimum Gasteiger partial charge on any atom is -0.494 e. The van der Waals surface area contributed by atoms with Gasteiger partial charge in [-0.15, -0.1) is 0 Å². The molecule has 2 aliphatic rings. The highest BCUT2D eigenvalue weighted by atomic mass is 19.1. The van der Waals surface area contributed by atoms with Crippen molar-refractivity contribution in [2.24, 2.45) is 11.8 Å². The van der Waals surface area contributed by atoms with E-state index in [1.807, 2.05) is 52.0 Å². The van der Waals surface area contributed by atoms with Crippen molar-refractivity contribution in [2.75, 3.05) is 7.11 Å². The summed E-state index contributed by atoms with van der Waals surface area (Å²) in [6.07, 6.45) is 1.32. The van der Waals surface area contributed by atoms with Crippen molar-refractivity contribution in [3.8, 4) is 5.75 Å². The molecule has 3 amide bonds. The summed E-state index contributed by atoms with van der Waals surface area (Å²) in [6, 6.07) is 9.18. The first-order valence-corrected chi connectivity index (χ1v) is 12.5. The first kappa shape index (κ1) is 25.7. The van der Waals surface area contributed by atoms with Gasteiger partial charge in [-0.3, -0.25) is 14.4 Å². The number of carbonyl (C=O) groups excluding carboxylic acids is 3. The molecule has 2 N–H and O–H groups in total. The Hall–Kier alpha value is -3.42. The van der Waals surface area contributed by atoms with Gasteiger partial charge in [-0.05, 0) is 67.3 Å². The van der Waals surface area contributed by atoms with Crippen LogP contribution in [0.15, 0.2) is 42.5 Å². The van der Waals surface area contributed by atoms with Crippen molar-refractivity contribution in [3.05, 3.63) is 65.0 Å².